The van der Waals surface area contributed by atoms with Gasteiger partial charge in [0.25, 0.3) is 0 Å². The lowest BCUT2D eigenvalue weighted by Gasteiger charge is -1.98. The van der Waals surface area contributed by atoms with E-state index >= 15 is 0 Å². The van der Waals surface area contributed by atoms with E-state index in [1.54, 1.807) is 13.0 Å². The fourth-order valence-corrected chi connectivity index (χ4v) is 0.701. The lowest BCUT2D eigenvalue weighted by molar-refractivity contribution is 0.244. The Morgan fingerprint density at radius 3 is 2.44 bits per heavy atom. The van der Waals surface area contributed by atoms with Gasteiger partial charge in [-0.1, -0.05) is 6.58 Å². The van der Waals surface area contributed by atoms with Gasteiger partial charge in [-0.3, -0.25) is 0 Å². The fraction of sp³-hybridized carbons (Fsp3) is 0.333. The minimum Gasteiger partial charge on any atom is -0.398 e. The van der Waals surface area contributed by atoms with Gasteiger partial charge in [-0.25, -0.2) is 0 Å². The zero-order chi connectivity index (χ0) is 7.44. The van der Waals surface area contributed by atoms with E-state index in [2.05, 4.69) is 22.5 Å². The van der Waals surface area contributed by atoms with Crippen molar-refractivity contribution in [3.8, 4) is 0 Å². The number of rotatable bonds is 2. The molecule has 0 amide bonds. The topological polar surface area (TPSA) is 46.2 Å². The first-order valence-corrected chi connectivity index (χ1v) is 3.33. The van der Waals surface area contributed by atoms with Crippen molar-refractivity contribution >= 4 is 15.9 Å². The highest BCUT2D eigenvalue weighted by atomic mass is 79.9. The molecule has 3 N–H and O–H groups in total. The Morgan fingerprint density at radius 2 is 2.33 bits per heavy atom. The monoisotopic (exact) mass is 191 g/mol. The minimum atomic E-state index is -0.486. The van der Waals surface area contributed by atoms with Gasteiger partial charge in [0.05, 0.1) is 6.10 Å². The van der Waals surface area contributed by atoms with E-state index in [-0.39, 0.29) is 0 Å². The van der Waals surface area contributed by atoms with Gasteiger partial charge in [0.15, 0.2) is 0 Å². The van der Waals surface area contributed by atoms with Gasteiger partial charge < -0.3 is 10.8 Å². The summed E-state index contributed by atoms with van der Waals surface area (Å²) in [6, 6.07) is 0. The molecule has 0 bridgehead atoms. The first kappa shape index (κ1) is 8.72. The Hall–Kier alpha value is -0.280. The molecular weight excluding hydrogens is 182 g/mol. The van der Waals surface area contributed by atoms with Gasteiger partial charge in [-0.15, -0.1) is 0 Å². The molecule has 9 heavy (non-hydrogen) atoms. The number of hydrogen-bond donors (Lipinski definition) is 2. The summed E-state index contributed by atoms with van der Waals surface area (Å²) in [5.74, 6) is 0. The van der Waals surface area contributed by atoms with Crippen molar-refractivity contribution in [1.82, 2.24) is 0 Å². The van der Waals surface area contributed by atoms with Crippen LogP contribution in [0.5, 0.6) is 0 Å². The van der Waals surface area contributed by atoms with E-state index in [1.807, 2.05) is 0 Å². The summed E-state index contributed by atoms with van der Waals surface area (Å²) in [5.41, 5.74) is 5.69. The molecule has 0 spiro atoms. The van der Waals surface area contributed by atoms with Crippen molar-refractivity contribution in [2.24, 2.45) is 5.73 Å². The Balaban J connectivity index is 4.00. The van der Waals surface area contributed by atoms with E-state index in [0.717, 1.165) is 0 Å². The van der Waals surface area contributed by atoms with Crippen LogP contribution in [0.1, 0.15) is 6.92 Å². The van der Waals surface area contributed by atoms with E-state index < -0.39 is 6.10 Å². The van der Waals surface area contributed by atoms with Crippen molar-refractivity contribution in [2.75, 3.05) is 0 Å². The standard InChI is InChI=1S/C6H10BrNO/c1-4(9)3-6(7)5(2)8/h3-4,9H,2,8H2,1H3/b6-3+. The highest BCUT2D eigenvalue weighted by Gasteiger charge is 1.94. The second-order valence-electron chi connectivity index (χ2n) is 1.78. The van der Waals surface area contributed by atoms with Crippen LogP contribution in [-0.4, -0.2) is 11.2 Å². The van der Waals surface area contributed by atoms with Gasteiger partial charge in [-0.05, 0) is 28.9 Å². The molecule has 0 saturated carbocycles. The van der Waals surface area contributed by atoms with Crippen molar-refractivity contribution in [2.45, 2.75) is 13.0 Å². The Morgan fingerprint density at radius 1 is 1.89 bits per heavy atom. The van der Waals surface area contributed by atoms with Crippen LogP contribution >= 0.6 is 15.9 Å². The predicted molar refractivity (Wildman–Crippen MR) is 42.0 cm³/mol. The van der Waals surface area contributed by atoms with Crippen LogP contribution in [0, 0.1) is 0 Å². The smallest absolute Gasteiger partial charge is 0.0707 e. The van der Waals surface area contributed by atoms with E-state index in [1.165, 1.54) is 0 Å². The highest BCUT2D eigenvalue weighted by molar-refractivity contribution is 9.11. The third-order valence-electron chi connectivity index (χ3n) is 0.694. The molecule has 0 aromatic carbocycles. The summed E-state index contributed by atoms with van der Waals surface area (Å²) in [4.78, 5) is 0. The SMILES string of the molecule is C=C(N)/C(Br)=C\C(C)O. The van der Waals surface area contributed by atoms with E-state index in [9.17, 15) is 0 Å². The zero-order valence-corrected chi connectivity index (χ0v) is 6.85. The average Bonchev–Trinajstić information content (AvgIpc) is 1.63. The molecule has 52 valence electrons. The maximum absolute atomic E-state index is 8.77. The number of hydrogen-bond acceptors (Lipinski definition) is 2. The first-order valence-electron chi connectivity index (χ1n) is 2.54. The van der Waals surface area contributed by atoms with Crippen molar-refractivity contribution in [3.05, 3.63) is 22.8 Å². The summed E-state index contributed by atoms with van der Waals surface area (Å²) in [6.45, 7) is 5.10. The normalized spacial score (nSPS) is 15.2. The molecule has 0 heterocycles. The summed E-state index contributed by atoms with van der Waals surface area (Å²) < 4.78 is 0.650. The summed E-state index contributed by atoms with van der Waals surface area (Å²) in [7, 11) is 0. The van der Waals surface area contributed by atoms with Gasteiger partial charge in [0, 0.05) is 10.2 Å². The molecule has 0 radical (unpaired) electrons. The molecule has 0 aliphatic carbocycles. The predicted octanol–water partition coefficient (Wildman–Crippen LogP) is 1.12. The maximum atomic E-state index is 8.77. The van der Waals surface area contributed by atoms with Crippen molar-refractivity contribution < 1.29 is 5.11 Å². The second kappa shape index (κ2) is 3.69. The lowest BCUT2D eigenvalue weighted by atomic mass is 10.3. The summed E-state index contributed by atoms with van der Waals surface area (Å²) >= 11 is 3.12. The van der Waals surface area contributed by atoms with Crippen LogP contribution in [0.4, 0.5) is 0 Å². The Kier molecular flexibility index (Phi) is 3.58. The molecule has 2 nitrogen and oxygen atoms in total. The van der Waals surface area contributed by atoms with Crippen molar-refractivity contribution in [1.29, 1.82) is 0 Å². The number of aliphatic hydroxyl groups excluding tert-OH is 1. The molecule has 1 unspecified atom stereocenters. The Labute approximate surface area is 63.2 Å². The maximum Gasteiger partial charge on any atom is 0.0707 e. The zero-order valence-electron chi connectivity index (χ0n) is 5.26. The molecule has 0 saturated heterocycles. The third-order valence-corrected chi connectivity index (χ3v) is 1.47. The molecule has 0 aromatic rings. The number of nitrogens with two attached hydrogens (primary N) is 1. The average molecular weight is 192 g/mol. The second-order valence-corrected chi connectivity index (χ2v) is 2.63. The molecule has 1 atom stereocenters. The van der Waals surface area contributed by atoms with Crippen LogP contribution in [0.2, 0.25) is 0 Å². The third kappa shape index (κ3) is 4.24. The summed E-state index contributed by atoms with van der Waals surface area (Å²) in [6.07, 6.45) is 1.09. The van der Waals surface area contributed by atoms with Crippen LogP contribution in [-0.2, 0) is 0 Å². The van der Waals surface area contributed by atoms with Crippen LogP contribution < -0.4 is 5.73 Å². The largest absolute Gasteiger partial charge is 0.398 e. The number of halogens is 1. The van der Waals surface area contributed by atoms with E-state index in [0.29, 0.717) is 10.2 Å². The quantitative estimate of drug-likeness (QED) is 0.644. The van der Waals surface area contributed by atoms with Gasteiger partial charge >= 0.3 is 0 Å². The molecule has 3 heteroatoms. The highest BCUT2D eigenvalue weighted by Crippen LogP contribution is 2.10. The lowest BCUT2D eigenvalue weighted by Crippen LogP contribution is -1.99. The van der Waals surface area contributed by atoms with Crippen LogP contribution in [0.25, 0.3) is 0 Å². The minimum absolute atomic E-state index is 0.427. The molecular formula is C6H10BrNO. The van der Waals surface area contributed by atoms with Gasteiger partial charge in [-0.2, -0.15) is 0 Å². The molecule has 0 aliphatic heterocycles. The molecule has 0 aromatic heterocycles. The molecule has 0 rings (SSSR count). The summed E-state index contributed by atoms with van der Waals surface area (Å²) in [5, 5.41) is 8.77. The van der Waals surface area contributed by atoms with Gasteiger partial charge in [0.1, 0.15) is 0 Å². The van der Waals surface area contributed by atoms with Crippen molar-refractivity contribution in [3.63, 3.8) is 0 Å². The van der Waals surface area contributed by atoms with Gasteiger partial charge in [0.2, 0.25) is 0 Å². The Bertz CT molecular complexity index is 140. The fourth-order valence-electron chi connectivity index (χ4n) is 0.319. The molecule has 0 aliphatic rings. The molecule has 0 fully saturated rings. The number of allylic oxidation sites excluding steroid dienone is 1. The number of aliphatic hydroxyl groups is 1. The van der Waals surface area contributed by atoms with Crippen LogP contribution in [0.15, 0.2) is 22.8 Å². The van der Waals surface area contributed by atoms with Crippen LogP contribution in [0.3, 0.4) is 0 Å². The first-order chi connectivity index (χ1) is 4.04. The van der Waals surface area contributed by atoms with E-state index in [4.69, 9.17) is 10.8 Å².